The van der Waals surface area contributed by atoms with Crippen molar-refractivity contribution in [3.05, 3.63) is 48.6 Å². The van der Waals surface area contributed by atoms with E-state index in [4.69, 9.17) is 28.4 Å². The molecule has 0 aliphatic carbocycles. The summed E-state index contributed by atoms with van der Waals surface area (Å²) in [6.07, 6.45) is 12.8. The van der Waals surface area contributed by atoms with Crippen LogP contribution in [0, 0.1) is 0 Å². The molecular formula is C54H95NO18. The lowest BCUT2D eigenvalue weighted by molar-refractivity contribution is -0.379. The van der Waals surface area contributed by atoms with Crippen molar-refractivity contribution in [1.82, 2.24) is 5.32 Å². The molecule has 17 atom stereocenters. The standard InChI is InChI=1S/C54H95NO18/c1-3-5-7-9-10-11-12-13-14-15-16-17-18-19-20-21-22-23-24-25-26-28-30-32-42(60)55-37(38(59)31-29-27-8-6-4-2)36-68-52-48(66)45(63)50(40(34-57)70-52)73-54-49(67)46(64)51(41(35-58)71-54)72-53-47(65)44(62)43(61)39(33-56)69-53/h5,7,10-11,13-14,16-17,37-41,43-54,56-59,61-67H,3-4,6,8-9,12,15,18-36H2,1-2H3,(H,55,60)/b7-5-,11-10-,14-13-,17-16-. The Morgan fingerprint density at radius 1 is 0.507 bits per heavy atom. The minimum Gasteiger partial charge on any atom is -0.394 e. The maximum absolute atomic E-state index is 13.2. The van der Waals surface area contributed by atoms with E-state index in [1.807, 2.05) is 0 Å². The van der Waals surface area contributed by atoms with Crippen LogP contribution in [0.15, 0.2) is 48.6 Å². The summed E-state index contributed by atoms with van der Waals surface area (Å²) in [6.45, 7) is 1.53. The lowest BCUT2D eigenvalue weighted by Crippen LogP contribution is -2.66. The molecule has 17 unspecified atom stereocenters. The van der Waals surface area contributed by atoms with E-state index in [1.165, 1.54) is 32.1 Å². The van der Waals surface area contributed by atoms with Gasteiger partial charge in [0.25, 0.3) is 0 Å². The van der Waals surface area contributed by atoms with Crippen LogP contribution in [0.3, 0.4) is 0 Å². The van der Waals surface area contributed by atoms with E-state index < -0.39 is 124 Å². The molecule has 3 saturated heterocycles. The lowest BCUT2D eigenvalue weighted by Gasteiger charge is -2.48. The van der Waals surface area contributed by atoms with E-state index in [0.717, 1.165) is 83.5 Å². The number of carbonyl (C=O) groups excluding carboxylic acids is 1. The number of hydrogen-bond donors (Lipinski definition) is 12. The molecule has 1 amide bonds. The Balaban J connectivity index is 1.41. The fraction of sp³-hybridized carbons (Fsp3) is 0.833. The van der Waals surface area contributed by atoms with Gasteiger partial charge in [-0.2, -0.15) is 0 Å². The second-order valence-corrected chi connectivity index (χ2v) is 19.7. The first-order valence-corrected chi connectivity index (χ1v) is 27.4. The second-order valence-electron chi connectivity index (χ2n) is 19.7. The number of nitrogens with one attached hydrogen (secondary N) is 1. The van der Waals surface area contributed by atoms with Gasteiger partial charge in [-0.25, -0.2) is 0 Å². The minimum absolute atomic E-state index is 0.257. The molecule has 3 rings (SSSR count). The number of aliphatic hydroxyl groups is 11. The van der Waals surface area contributed by atoms with E-state index in [2.05, 4.69) is 67.8 Å². The van der Waals surface area contributed by atoms with E-state index in [1.54, 1.807) is 0 Å². The summed E-state index contributed by atoms with van der Waals surface area (Å²) >= 11 is 0. The molecule has 0 aromatic carbocycles. The maximum atomic E-state index is 13.2. The van der Waals surface area contributed by atoms with Gasteiger partial charge in [-0.05, 0) is 51.4 Å². The van der Waals surface area contributed by atoms with Crippen molar-refractivity contribution in [2.24, 2.45) is 0 Å². The van der Waals surface area contributed by atoms with Crippen LogP contribution in [-0.2, 0) is 33.2 Å². The summed E-state index contributed by atoms with van der Waals surface area (Å²) in [5, 5.41) is 119. The Kier molecular flexibility index (Phi) is 34.1. The Labute approximate surface area is 433 Å². The van der Waals surface area contributed by atoms with Crippen molar-refractivity contribution in [1.29, 1.82) is 0 Å². The van der Waals surface area contributed by atoms with Crippen molar-refractivity contribution in [2.75, 3.05) is 26.4 Å². The third kappa shape index (κ3) is 23.5. The molecule has 0 spiro atoms. The number of carbonyl (C=O) groups is 1. The predicted molar refractivity (Wildman–Crippen MR) is 272 cm³/mol. The lowest BCUT2D eigenvalue weighted by atomic mass is 9.96. The van der Waals surface area contributed by atoms with Crippen molar-refractivity contribution < 1.29 is 89.4 Å². The molecule has 3 aliphatic heterocycles. The molecule has 0 saturated carbocycles. The highest BCUT2D eigenvalue weighted by Gasteiger charge is 2.53. The normalized spacial score (nSPS) is 32.1. The first-order chi connectivity index (χ1) is 35.3. The summed E-state index contributed by atoms with van der Waals surface area (Å²) in [5.74, 6) is -0.258. The topological polar surface area (TPSA) is 307 Å². The Hall–Kier alpha value is -2.25. The van der Waals surface area contributed by atoms with Gasteiger partial charge in [0, 0.05) is 6.42 Å². The third-order valence-electron chi connectivity index (χ3n) is 13.7. The van der Waals surface area contributed by atoms with Gasteiger partial charge in [0.1, 0.15) is 73.2 Å². The monoisotopic (exact) mass is 1050 g/mol. The van der Waals surface area contributed by atoms with Crippen LogP contribution >= 0.6 is 0 Å². The average molecular weight is 1050 g/mol. The van der Waals surface area contributed by atoms with Crippen LogP contribution < -0.4 is 5.32 Å². The number of aliphatic hydroxyl groups excluding tert-OH is 11. The summed E-state index contributed by atoms with van der Waals surface area (Å²) in [6, 6.07) is -0.886. The SMILES string of the molecule is CC/C=C\C/C=C\C/C=C\C/C=C\CCCCCCCCCCCCC(=O)NC(COC1OC(CO)C(OC2OC(CO)C(OC3OC(CO)C(O)C(O)C3O)C(O)C2O)C(O)C1O)C(O)CCCCCCC. The Morgan fingerprint density at radius 3 is 1.48 bits per heavy atom. The number of allylic oxidation sites excluding steroid dienone is 8. The van der Waals surface area contributed by atoms with E-state index in [0.29, 0.717) is 19.3 Å². The Morgan fingerprint density at radius 2 is 0.945 bits per heavy atom. The molecule has 0 radical (unpaired) electrons. The predicted octanol–water partition coefficient (Wildman–Crippen LogP) is 3.14. The van der Waals surface area contributed by atoms with Crippen LogP contribution in [0.5, 0.6) is 0 Å². The highest BCUT2D eigenvalue weighted by atomic mass is 16.8. The number of unbranched alkanes of at least 4 members (excludes halogenated alkanes) is 14. The van der Waals surface area contributed by atoms with Gasteiger partial charge in [0.15, 0.2) is 18.9 Å². The molecular weight excluding hydrogens is 951 g/mol. The van der Waals surface area contributed by atoms with Gasteiger partial charge in [0.2, 0.25) is 5.91 Å². The molecule has 0 aromatic rings. The number of rotatable bonds is 38. The fourth-order valence-corrected chi connectivity index (χ4v) is 9.13. The van der Waals surface area contributed by atoms with E-state index in [-0.39, 0.29) is 18.9 Å². The molecule has 19 heteroatoms. The van der Waals surface area contributed by atoms with E-state index in [9.17, 15) is 61.0 Å². The Bertz CT molecular complexity index is 1530. The van der Waals surface area contributed by atoms with Gasteiger partial charge in [-0.1, -0.05) is 146 Å². The zero-order chi connectivity index (χ0) is 53.4. The highest BCUT2D eigenvalue weighted by Crippen LogP contribution is 2.33. The molecule has 73 heavy (non-hydrogen) atoms. The maximum Gasteiger partial charge on any atom is 0.220 e. The van der Waals surface area contributed by atoms with Crippen LogP contribution in [0.25, 0.3) is 0 Å². The van der Waals surface area contributed by atoms with Crippen molar-refractivity contribution in [3.8, 4) is 0 Å². The van der Waals surface area contributed by atoms with E-state index >= 15 is 0 Å². The van der Waals surface area contributed by atoms with Gasteiger partial charge in [-0.3, -0.25) is 4.79 Å². The highest BCUT2D eigenvalue weighted by molar-refractivity contribution is 5.76. The van der Waals surface area contributed by atoms with Crippen molar-refractivity contribution in [3.63, 3.8) is 0 Å². The second kappa shape index (κ2) is 38.3. The molecule has 424 valence electrons. The number of amides is 1. The summed E-state index contributed by atoms with van der Waals surface area (Å²) in [5.41, 5.74) is 0. The van der Waals surface area contributed by atoms with Gasteiger partial charge >= 0.3 is 0 Å². The molecule has 0 bridgehead atoms. The van der Waals surface area contributed by atoms with Crippen LogP contribution in [0.2, 0.25) is 0 Å². The van der Waals surface area contributed by atoms with Gasteiger partial charge in [-0.15, -0.1) is 0 Å². The largest absolute Gasteiger partial charge is 0.394 e. The van der Waals surface area contributed by atoms with Gasteiger partial charge < -0.3 is 89.9 Å². The minimum atomic E-state index is -1.97. The summed E-state index contributed by atoms with van der Waals surface area (Å²) in [7, 11) is 0. The molecule has 12 N–H and O–H groups in total. The smallest absolute Gasteiger partial charge is 0.220 e. The number of ether oxygens (including phenoxy) is 6. The van der Waals surface area contributed by atoms with Crippen molar-refractivity contribution >= 4 is 5.91 Å². The summed E-state index contributed by atoms with van der Waals surface area (Å²) < 4.78 is 34.1. The van der Waals surface area contributed by atoms with Crippen molar-refractivity contribution in [2.45, 2.75) is 259 Å². The zero-order valence-corrected chi connectivity index (χ0v) is 43.6. The molecule has 3 heterocycles. The first-order valence-electron chi connectivity index (χ1n) is 27.4. The fourth-order valence-electron chi connectivity index (χ4n) is 9.13. The van der Waals surface area contributed by atoms with Crippen LogP contribution in [0.1, 0.15) is 155 Å². The van der Waals surface area contributed by atoms with Gasteiger partial charge in [0.05, 0.1) is 38.6 Å². The molecule has 3 aliphatic rings. The van der Waals surface area contributed by atoms with Crippen LogP contribution in [0.4, 0.5) is 0 Å². The quantitative estimate of drug-likeness (QED) is 0.0312. The first kappa shape index (κ1) is 65.0. The molecule has 19 nitrogen and oxygen atoms in total. The van der Waals surface area contributed by atoms with Crippen LogP contribution in [-0.4, -0.2) is 193 Å². The zero-order valence-electron chi connectivity index (χ0n) is 43.6. The summed E-state index contributed by atoms with van der Waals surface area (Å²) in [4.78, 5) is 13.2. The number of hydrogen-bond acceptors (Lipinski definition) is 18. The molecule has 3 fully saturated rings. The average Bonchev–Trinajstić information content (AvgIpc) is 3.38. The third-order valence-corrected chi connectivity index (χ3v) is 13.7. The molecule has 0 aromatic heterocycles.